The van der Waals surface area contributed by atoms with E-state index in [4.69, 9.17) is 24.2 Å². The molecule has 4 saturated heterocycles. The first-order chi connectivity index (χ1) is 30.6. The maximum atomic E-state index is 14.2. The number of carbonyl (C=O) groups excluding carboxylic acids is 3. The van der Waals surface area contributed by atoms with Gasteiger partial charge in [-0.25, -0.2) is 19.6 Å². The number of nitrogens with one attached hydrogen (secondary N) is 4. The molecule has 3 aromatic carbocycles. The maximum Gasteiger partial charge on any atom is 0.407 e. The smallest absolute Gasteiger partial charge is 0.407 e. The Morgan fingerprint density at radius 1 is 0.841 bits per heavy atom. The number of methoxy groups -OCH3 is 1. The fraction of sp³-hybridized carbons (Fsp3) is 0.489. The van der Waals surface area contributed by atoms with E-state index < -0.39 is 23.9 Å². The standard InChI is InChI=1S/C47H54N8O8/c1-27-4-14-38(54(27)44(57)40(52-46(60)61-3)31-16-20-62-21-17-31)42-48-35-12-9-30(25-37(35)50-42)7-6-29-8-11-34-32(24-29)10-13-36-41(34)51-43(49-36)39-15-5-28(2)55(39)47(26-56,53-45(58)59)33-18-22-63-23-19-33/h8-13,24-28,31,33,38-40,53H,4-5,14-23H2,1-3H3,(H,48,50)(H,49,51)(H,52,60)(H,58,59)/t27-,28-,38-,39-,40-,47?/m0/s1. The summed E-state index contributed by atoms with van der Waals surface area (Å²) >= 11 is 0. The van der Waals surface area contributed by atoms with E-state index in [2.05, 4.69) is 32.4 Å². The molecule has 2 aromatic heterocycles. The zero-order valence-corrected chi connectivity index (χ0v) is 35.8. The van der Waals surface area contributed by atoms with Crippen molar-refractivity contribution in [3.05, 3.63) is 71.3 Å². The summed E-state index contributed by atoms with van der Waals surface area (Å²) in [5.74, 6) is 7.61. The summed E-state index contributed by atoms with van der Waals surface area (Å²) in [5.41, 5.74) is 3.47. The van der Waals surface area contributed by atoms with E-state index in [1.807, 2.05) is 72.2 Å². The molecule has 0 saturated carbocycles. The molecule has 9 rings (SSSR count). The quantitative estimate of drug-likeness (QED) is 0.0821. The highest BCUT2D eigenvalue weighted by atomic mass is 16.5. The second-order valence-electron chi connectivity index (χ2n) is 17.5. The first-order valence-corrected chi connectivity index (χ1v) is 22.1. The van der Waals surface area contributed by atoms with Gasteiger partial charge in [-0.15, -0.1) is 0 Å². The monoisotopic (exact) mass is 858 g/mol. The van der Waals surface area contributed by atoms with Gasteiger partial charge >= 0.3 is 12.2 Å². The Morgan fingerprint density at radius 3 is 2.24 bits per heavy atom. The van der Waals surface area contributed by atoms with Crippen molar-refractivity contribution in [1.29, 1.82) is 0 Å². The van der Waals surface area contributed by atoms with Crippen LogP contribution in [0.2, 0.25) is 0 Å². The average molecular weight is 859 g/mol. The molecule has 5 aromatic rings. The number of carboxylic acid groups (broad SMARTS) is 1. The van der Waals surface area contributed by atoms with Gasteiger partial charge in [0.15, 0.2) is 11.9 Å². The molecule has 4 fully saturated rings. The summed E-state index contributed by atoms with van der Waals surface area (Å²) in [4.78, 5) is 72.8. The topological polar surface area (TPSA) is 204 Å². The van der Waals surface area contributed by atoms with E-state index in [9.17, 15) is 24.3 Å². The lowest BCUT2D eigenvalue weighted by molar-refractivity contribution is -0.138. The number of imidazole rings is 2. The Kier molecular flexibility index (Phi) is 11.8. The van der Waals surface area contributed by atoms with Crippen LogP contribution in [-0.4, -0.2) is 117 Å². The number of carbonyl (C=O) groups is 4. The molecule has 6 heterocycles. The minimum atomic E-state index is -1.41. The van der Waals surface area contributed by atoms with Crippen molar-refractivity contribution in [2.24, 2.45) is 11.8 Å². The number of benzene rings is 3. The molecule has 6 atom stereocenters. The van der Waals surface area contributed by atoms with Gasteiger partial charge in [0.1, 0.15) is 17.7 Å². The highest BCUT2D eigenvalue weighted by molar-refractivity contribution is 6.04. The average Bonchev–Trinajstić information content (AvgIpc) is 4.11. The van der Waals surface area contributed by atoms with E-state index in [0.717, 1.165) is 75.9 Å². The third-order valence-corrected chi connectivity index (χ3v) is 13.8. The van der Waals surface area contributed by atoms with Crippen molar-refractivity contribution in [3.63, 3.8) is 0 Å². The molecule has 63 heavy (non-hydrogen) atoms. The number of amides is 3. The Labute approximate surface area is 364 Å². The lowest BCUT2D eigenvalue weighted by Gasteiger charge is -2.48. The van der Waals surface area contributed by atoms with E-state index in [-0.39, 0.29) is 41.9 Å². The van der Waals surface area contributed by atoms with Crippen LogP contribution in [0.3, 0.4) is 0 Å². The van der Waals surface area contributed by atoms with Crippen molar-refractivity contribution in [3.8, 4) is 11.8 Å². The van der Waals surface area contributed by atoms with Gasteiger partial charge in [-0.3, -0.25) is 19.8 Å². The number of H-pyrrole nitrogens is 2. The number of fused-ring (bicyclic) bond motifs is 4. The van der Waals surface area contributed by atoms with E-state index in [1.54, 1.807) is 0 Å². The predicted octanol–water partition coefficient (Wildman–Crippen LogP) is 6.31. The lowest BCUT2D eigenvalue weighted by atomic mass is 9.84. The van der Waals surface area contributed by atoms with Crippen LogP contribution in [0.25, 0.3) is 32.8 Å². The second kappa shape index (κ2) is 17.6. The largest absolute Gasteiger partial charge is 0.465 e. The number of aldehydes is 1. The normalized spacial score (nSPS) is 23.9. The maximum absolute atomic E-state index is 14.2. The number of ether oxygens (including phenoxy) is 3. The van der Waals surface area contributed by atoms with Gasteiger partial charge in [0.05, 0.1) is 41.3 Å². The molecular formula is C47H54N8O8. The van der Waals surface area contributed by atoms with Crippen LogP contribution in [0.4, 0.5) is 9.59 Å². The van der Waals surface area contributed by atoms with Gasteiger partial charge in [0.25, 0.3) is 0 Å². The highest BCUT2D eigenvalue weighted by Crippen LogP contribution is 2.44. The molecule has 5 N–H and O–H groups in total. The van der Waals surface area contributed by atoms with Gasteiger partial charge in [-0.1, -0.05) is 24.0 Å². The van der Waals surface area contributed by atoms with Gasteiger partial charge in [0, 0.05) is 60.9 Å². The zero-order valence-electron chi connectivity index (χ0n) is 35.8. The lowest BCUT2D eigenvalue weighted by Crippen LogP contribution is -2.67. The summed E-state index contributed by atoms with van der Waals surface area (Å²) in [6, 6.07) is 14.5. The van der Waals surface area contributed by atoms with Crippen molar-refractivity contribution in [2.45, 2.75) is 101 Å². The van der Waals surface area contributed by atoms with Crippen LogP contribution in [0.1, 0.15) is 100 Å². The molecule has 16 heteroatoms. The summed E-state index contributed by atoms with van der Waals surface area (Å²) in [6.45, 7) is 6.11. The number of nitrogens with zero attached hydrogens (tertiary/aromatic N) is 4. The molecule has 0 bridgehead atoms. The number of alkyl carbamates (subject to hydrolysis) is 1. The summed E-state index contributed by atoms with van der Waals surface area (Å²) in [6.07, 6.45) is 4.47. The summed E-state index contributed by atoms with van der Waals surface area (Å²) in [5, 5.41) is 17.4. The molecular weight excluding hydrogens is 805 g/mol. The number of hydrogen-bond donors (Lipinski definition) is 5. The Balaban J connectivity index is 0.950. The first-order valence-electron chi connectivity index (χ1n) is 22.1. The van der Waals surface area contributed by atoms with Crippen LogP contribution >= 0.6 is 0 Å². The third kappa shape index (κ3) is 8.09. The first kappa shape index (κ1) is 42.3. The molecule has 0 aliphatic carbocycles. The molecule has 0 spiro atoms. The molecule has 1 unspecified atom stereocenters. The molecule has 4 aliphatic rings. The van der Waals surface area contributed by atoms with Gasteiger partial charge in [-0.2, -0.15) is 0 Å². The van der Waals surface area contributed by atoms with Crippen molar-refractivity contribution < 1.29 is 38.5 Å². The zero-order chi connectivity index (χ0) is 43.8. The van der Waals surface area contributed by atoms with Crippen molar-refractivity contribution in [2.75, 3.05) is 33.5 Å². The molecule has 3 amide bonds. The second-order valence-corrected chi connectivity index (χ2v) is 17.5. The fourth-order valence-electron chi connectivity index (χ4n) is 10.6. The van der Waals surface area contributed by atoms with Crippen LogP contribution in [0.15, 0.2) is 48.5 Å². The van der Waals surface area contributed by atoms with Crippen LogP contribution in [0.5, 0.6) is 0 Å². The molecule has 4 aliphatic heterocycles. The Bertz CT molecular complexity index is 2600. The molecule has 330 valence electrons. The summed E-state index contributed by atoms with van der Waals surface area (Å²) < 4.78 is 16.0. The number of aromatic nitrogens is 4. The van der Waals surface area contributed by atoms with Crippen LogP contribution < -0.4 is 10.6 Å². The third-order valence-electron chi connectivity index (χ3n) is 13.8. The number of rotatable bonds is 9. The highest BCUT2D eigenvalue weighted by Gasteiger charge is 2.53. The van der Waals surface area contributed by atoms with Crippen molar-refractivity contribution in [1.82, 2.24) is 40.4 Å². The Morgan fingerprint density at radius 2 is 1.51 bits per heavy atom. The van der Waals surface area contributed by atoms with E-state index in [0.29, 0.717) is 63.8 Å². The number of aromatic amines is 2. The van der Waals surface area contributed by atoms with Crippen LogP contribution in [-0.2, 0) is 23.8 Å². The minimum Gasteiger partial charge on any atom is -0.465 e. The van der Waals surface area contributed by atoms with E-state index in [1.165, 1.54) is 7.11 Å². The number of likely N-dealkylation sites (tertiary alicyclic amines) is 2. The van der Waals surface area contributed by atoms with Crippen molar-refractivity contribution >= 4 is 57.2 Å². The summed E-state index contributed by atoms with van der Waals surface area (Å²) in [7, 11) is 1.30. The fourth-order valence-corrected chi connectivity index (χ4v) is 10.6. The Hall–Kier alpha value is -6.02. The van der Waals surface area contributed by atoms with E-state index >= 15 is 0 Å². The number of hydrogen-bond acceptors (Lipinski definition) is 10. The predicted molar refractivity (Wildman–Crippen MR) is 234 cm³/mol. The van der Waals surface area contributed by atoms with Crippen LogP contribution in [0, 0.1) is 23.7 Å². The van der Waals surface area contributed by atoms with Gasteiger partial charge in [0.2, 0.25) is 5.91 Å². The molecule has 0 radical (unpaired) electrons. The minimum absolute atomic E-state index is 0.0346. The molecule has 16 nitrogen and oxygen atoms in total. The SMILES string of the molecule is COC(=O)N[C@H](C(=O)N1[C@@H](C)CC[C@H]1c1nc2cc(C#Cc3ccc4c(ccc5nc([C@@H]6CC[C@H](C)N6C(C=O)(NC(=O)O)C6CCOCC6)[nH]c54)c3)ccc2[nH]1)C1CCOCC1. The van der Waals surface area contributed by atoms with Gasteiger partial charge < -0.3 is 39.5 Å². The van der Waals surface area contributed by atoms with Gasteiger partial charge in [-0.05, 0) is 113 Å².